The number of amides is 2. The Hall–Kier alpha value is -3.02. The number of ether oxygens (including phenoxy) is 1. The number of hydrogen-bond acceptors (Lipinski definition) is 4. The maximum Gasteiger partial charge on any atom is 0.260 e. The molecule has 0 atom stereocenters. The van der Waals surface area contributed by atoms with Gasteiger partial charge < -0.3 is 19.6 Å². The molecule has 1 N–H and O–H groups in total. The Kier molecular flexibility index (Phi) is 5.41. The van der Waals surface area contributed by atoms with Gasteiger partial charge in [-0.15, -0.1) is 0 Å². The van der Waals surface area contributed by atoms with E-state index in [1.807, 2.05) is 31.2 Å². The third kappa shape index (κ3) is 4.33. The molecule has 3 rings (SSSR count). The van der Waals surface area contributed by atoms with Gasteiger partial charge in [-0.25, -0.2) is 0 Å². The highest BCUT2D eigenvalue weighted by atomic mass is 16.5. The number of benzene rings is 2. The van der Waals surface area contributed by atoms with Crippen LogP contribution in [0.3, 0.4) is 0 Å². The smallest absolute Gasteiger partial charge is 0.260 e. The molecule has 0 aromatic heterocycles. The predicted octanol–water partition coefficient (Wildman–Crippen LogP) is 2.06. The summed E-state index contributed by atoms with van der Waals surface area (Å²) >= 11 is 0. The number of piperazine rings is 1. The highest BCUT2D eigenvalue weighted by Crippen LogP contribution is 2.16. The van der Waals surface area contributed by atoms with Crippen molar-refractivity contribution in [3.63, 3.8) is 0 Å². The maximum atomic E-state index is 12.5. The highest BCUT2D eigenvalue weighted by Gasteiger charge is 2.25. The van der Waals surface area contributed by atoms with E-state index < -0.39 is 0 Å². The van der Waals surface area contributed by atoms with Crippen LogP contribution in [0.2, 0.25) is 0 Å². The molecule has 1 aliphatic rings. The number of phenolic OH excluding ortho intramolecular Hbond substituents is 1. The first kappa shape index (κ1) is 17.8. The van der Waals surface area contributed by atoms with Crippen molar-refractivity contribution in [3.05, 3.63) is 59.7 Å². The standard InChI is InChI=1S/C20H22N2O4/c1-15-2-4-16(5-3-15)20(25)22-12-10-21(11-13-22)19(24)14-26-18-8-6-17(23)7-9-18/h2-9,23H,10-14H2,1H3. The van der Waals surface area contributed by atoms with Gasteiger partial charge >= 0.3 is 0 Å². The van der Waals surface area contributed by atoms with Crippen LogP contribution in [-0.4, -0.2) is 59.5 Å². The highest BCUT2D eigenvalue weighted by molar-refractivity contribution is 5.94. The Morgan fingerprint density at radius 2 is 1.50 bits per heavy atom. The summed E-state index contributed by atoms with van der Waals surface area (Å²) in [5.74, 6) is 0.570. The van der Waals surface area contributed by atoms with Crippen molar-refractivity contribution in [2.45, 2.75) is 6.92 Å². The number of carbonyl (C=O) groups is 2. The Labute approximate surface area is 152 Å². The molecule has 1 saturated heterocycles. The molecule has 1 aliphatic heterocycles. The van der Waals surface area contributed by atoms with Crippen LogP contribution in [-0.2, 0) is 4.79 Å². The van der Waals surface area contributed by atoms with Gasteiger partial charge in [-0.05, 0) is 43.3 Å². The van der Waals surface area contributed by atoms with Gasteiger partial charge in [0.15, 0.2) is 6.61 Å². The van der Waals surface area contributed by atoms with Crippen molar-refractivity contribution in [1.29, 1.82) is 0 Å². The number of hydrogen-bond donors (Lipinski definition) is 1. The lowest BCUT2D eigenvalue weighted by atomic mass is 10.1. The van der Waals surface area contributed by atoms with Crippen LogP contribution < -0.4 is 4.74 Å². The average Bonchev–Trinajstić information content (AvgIpc) is 2.67. The third-order valence-corrected chi connectivity index (χ3v) is 4.42. The molecular formula is C20H22N2O4. The van der Waals surface area contributed by atoms with E-state index in [0.717, 1.165) is 5.56 Å². The van der Waals surface area contributed by atoms with Crippen LogP contribution in [0.1, 0.15) is 15.9 Å². The molecule has 0 radical (unpaired) electrons. The molecule has 6 heteroatoms. The minimum Gasteiger partial charge on any atom is -0.508 e. The topological polar surface area (TPSA) is 70.1 Å². The van der Waals surface area contributed by atoms with E-state index in [0.29, 0.717) is 37.5 Å². The van der Waals surface area contributed by atoms with Crippen molar-refractivity contribution >= 4 is 11.8 Å². The second-order valence-corrected chi connectivity index (χ2v) is 6.32. The van der Waals surface area contributed by atoms with Gasteiger partial charge in [0.25, 0.3) is 11.8 Å². The second kappa shape index (κ2) is 7.91. The van der Waals surface area contributed by atoms with E-state index in [4.69, 9.17) is 4.74 Å². The Balaban J connectivity index is 1.48. The Morgan fingerprint density at radius 3 is 2.12 bits per heavy atom. The molecule has 1 heterocycles. The zero-order chi connectivity index (χ0) is 18.5. The van der Waals surface area contributed by atoms with E-state index in [-0.39, 0.29) is 24.2 Å². The number of aromatic hydroxyl groups is 1. The van der Waals surface area contributed by atoms with Gasteiger partial charge in [0.1, 0.15) is 11.5 Å². The van der Waals surface area contributed by atoms with E-state index in [1.165, 1.54) is 12.1 Å². The van der Waals surface area contributed by atoms with Crippen molar-refractivity contribution in [3.8, 4) is 11.5 Å². The van der Waals surface area contributed by atoms with Gasteiger partial charge in [0.2, 0.25) is 0 Å². The zero-order valence-corrected chi connectivity index (χ0v) is 14.7. The lowest BCUT2D eigenvalue weighted by Gasteiger charge is -2.34. The summed E-state index contributed by atoms with van der Waals surface area (Å²) in [6, 6.07) is 13.8. The van der Waals surface area contributed by atoms with E-state index in [2.05, 4.69) is 0 Å². The van der Waals surface area contributed by atoms with Crippen molar-refractivity contribution in [2.75, 3.05) is 32.8 Å². The quantitative estimate of drug-likeness (QED) is 0.912. The molecule has 2 aromatic rings. The largest absolute Gasteiger partial charge is 0.508 e. The molecule has 2 aromatic carbocycles. The lowest BCUT2D eigenvalue weighted by molar-refractivity contribution is -0.134. The van der Waals surface area contributed by atoms with Crippen LogP contribution in [0.15, 0.2) is 48.5 Å². The summed E-state index contributed by atoms with van der Waals surface area (Å²) in [5.41, 5.74) is 1.79. The monoisotopic (exact) mass is 354 g/mol. The molecule has 0 unspecified atom stereocenters. The summed E-state index contributed by atoms with van der Waals surface area (Å²) < 4.78 is 5.45. The van der Waals surface area contributed by atoms with E-state index in [1.54, 1.807) is 21.9 Å². The first-order chi connectivity index (χ1) is 12.5. The average molecular weight is 354 g/mol. The summed E-state index contributed by atoms with van der Waals surface area (Å²) in [4.78, 5) is 28.3. The first-order valence-corrected chi connectivity index (χ1v) is 8.58. The van der Waals surface area contributed by atoms with Gasteiger partial charge in [-0.1, -0.05) is 17.7 Å². The SMILES string of the molecule is Cc1ccc(C(=O)N2CCN(C(=O)COc3ccc(O)cc3)CC2)cc1. The fraction of sp³-hybridized carbons (Fsp3) is 0.300. The van der Waals surface area contributed by atoms with Crippen molar-refractivity contribution in [1.82, 2.24) is 9.80 Å². The van der Waals surface area contributed by atoms with Crippen LogP contribution in [0.4, 0.5) is 0 Å². The maximum absolute atomic E-state index is 12.5. The van der Waals surface area contributed by atoms with E-state index in [9.17, 15) is 14.7 Å². The minimum atomic E-state index is -0.111. The van der Waals surface area contributed by atoms with Crippen LogP contribution in [0.5, 0.6) is 11.5 Å². The van der Waals surface area contributed by atoms with Crippen LogP contribution >= 0.6 is 0 Å². The molecule has 0 spiro atoms. The summed E-state index contributed by atoms with van der Waals surface area (Å²) in [5, 5.41) is 9.24. The third-order valence-electron chi connectivity index (χ3n) is 4.42. The molecule has 2 amide bonds. The fourth-order valence-corrected chi connectivity index (χ4v) is 2.82. The lowest BCUT2D eigenvalue weighted by Crippen LogP contribution is -2.51. The van der Waals surface area contributed by atoms with Crippen LogP contribution in [0, 0.1) is 6.92 Å². The normalized spacial score (nSPS) is 14.2. The van der Waals surface area contributed by atoms with Gasteiger partial charge in [0.05, 0.1) is 0 Å². The number of carbonyl (C=O) groups excluding carboxylic acids is 2. The molecule has 1 fully saturated rings. The van der Waals surface area contributed by atoms with Gasteiger partial charge in [-0.3, -0.25) is 9.59 Å². The van der Waals surface area contributed by atoms with Gasteiger partial charge in [0, 0.05) is 31.7 Å². The number of nitrogens with zero attached hydrogens (tertiary/aromatic N) is 2. The summed E-state index contributed by atoms with van der Waals surface area (Å²) in [6.07, 6.45) is 0. The molecular weight excluding hydrogens is 332 g/mol. The van der Waals surface area contributed by atoms with Gasteiger partial charge in [-0.2, -0.15) is 0 Å². The zero-order valence-electron chi connectivity index (χ0n) is 14.7. The van der Waals surface area contributed by atoms with Crippen LogP contribution in [0.25, 0.3) is 0 Å². The van der Waals surface area contributed by atoms with E-state index >= 15 is 0 Å². The van der Waals surface area contributed by atoms with Crippen molar-refractivity contribution < 1.29 is 19.4 Å². The molecule has 0 saturated carbocycles. The number of rotatable bonds is 4. The number of aryl methyl sites for hydroxylation is 1. The molecule has 26 heavy (non-hydrogen) atoms. The molecule has 136 valence electrons. The second-order valence-electron chi connectivity index (χ2n) is 6.32. The van der Waals surface area contributed by atoms with Crippen molar-refractivity contribution in [2.24, 2.45) is 0 Å². The summed E-state index contributed by atoms with van der Waals surface area (Å²) in [6.45, 7) is 3.94. The molecule has 6 nitrogen and oxygen atoms in total. The minimum absolute atomic E-state index is 0.00237. The molecule has 0 bridgehead atoms. The Morgan fingerprint density at radius 1 is 0.923 bits per heavy atom. The first-order valence-electron chi connectivity index (χ1n) is 8.58. The summed E-state index contributed by atoms with van der Waals surface area (Å²) in [7, 11) is 0. The fourth-order valence-electron chi connectivity index (χ4n) is 2.82. The number of phenols is 1. The molecule has 0 aliphatic carbocycles. The Bertz CT molecular complexity index is 763. The predicted molar refractivity (Wildman–Crippen MR) is 97.3 cm³/mol.